The normalized spacial score (nSPS) is 11.4. The predicted octanol–water partition coefficient (Wildman–Crippen LogP) is 2.78. The van der Waals surface area contributed by atoms with Crippen molar-refractivity contribution in [3.05, 3.63) is 92.9 Å². The van der Waals surface area contributed by atoms with Crippen LogP contribution >= 0.6 is 0 Å². The Balaban J connectivity index is 1.88. The Morgan fingerprint density at radius 3 is 2.38 bits per heavy atom. The first-order chi connectivity index (χ1) is 13.6. The second-order valence-corrected chi connectivity index (χ2v) is 8.08. The molecule has 3 rings (SSSR count). The van der Waals surface area contributed by atoms with Crippen LogP contribution in [0, 0.1) is 18.6 Å². The average molecular weight is 420 g/mol. The number of sulfonamides is 1. The van der Waals surface area contributed by atoms with E-state index in [1.807, 2.05) is 0 Å². The van der Waals surface area contributed by atoms with E-state index in [1.54, 1.807) is 25.1 Å². The molecule has 0 aliphatic heterocycles. The van der Waals surface area contributed by atoms with Crippen molar-refractivity contribution in [3.8, 4) is 5.75 Å². The van der Waals surface area contributed by atoms with Gasteiger partial charge in [-0.15, -0.1) is 0 Å². The van der Waals surface area contributed by atoms with Gasteiger partial charge in [-0.1, -0.05) is 12.1 Å². The van der Waals surface area contributed by atoms with Crippen LogP contribution in [-0.2, 0) is 23.1 Å². The van der Waals surface area contributed by atoms with Crippen LogP contribution in [0.3, 0.4) is 0 Å². The highest BCUT2D eigenvalue weighted by Crippen LogP contribution is 2.22. The quantitative estimate of drug-likeness (QED) is 0.640. The third-order valence-corrected chi connectivity index (χ3v) is 5.19. The van der Waals surface area contributed by atoms with E-state index in [-0.39, 0.29) is 34.8 Å². The van der Waals surface area contributed by atoms with Crippen LogP contribution in [0.1, 0.15) is 22.4 Å². The van der Waals surface area contributed by atoms with Crippen LogP contribution in [0.25, 0.3) is 0 Å². The lowest BCUT2D eigenvalue weighted by atomic mass is 10.1. The molecule has 0 bridgehead atoms. The second-order valence-electron chi connectivity index (χ2n) is 6.51. The number of rotatable bonds is 6. The van der Waals surface area contributed by atoms with E-state index in [1.165, 1.54) is 18.2 Å². The van der Waals surface area contributed by atoms with Crippen molar-refractivity contribution in [2.75, 3.05) is 0 Å². The lowest BCUT2D eigenvalue weighted by Crippen LogP contribution is -2.17. The number of halogens is 2. The molecule has 0 amide bonds. The molecule has 0 spiro atoms. The summed E-state index contributed by atoms with van der Waals surface area (Å²) in [7, 11) is -3.82. The SMILES string of the molecule is Cc1cc(OCc2ccc(F)cc2F)c(Cc2ccc(S(N)(=O)=O)cc2)c(=O)[nH]1. The van der Waals surface area contributed by atoms with Gasteiger partial charge in [0.25, 0.3) is 5.56 Å². The van der Waals surface area contributed by atoms with E-state index in [2.05, 4.69) is 4.98 Å². The molecule has 1 aromatic heterocycles. The standard InChI is InChI=1S/C20H18F2N2O4S/c1-12-8-19(28-11-14-4-5-15(21)10-18(14)22)17(20(25)24-12)9-13-2-6-16(7-3-13)29(23,26)27/h2-8,10H,9,11H2,1H3,(H,24,25)(H2,23,26,27). The highest BCUT2D eigenvalue weighted by molar-refractivity contribution is 7.89. The van der Waals surface area contributed by atoms with Gasteiger partial charge in [0.2, 0.25) is 10.0 Å². The van der Waals surface area contributed by atoms with Crippen molar-refractivity contribution >= 4 is 10.0 Å². The van der Waals surface area contributed by atoms with Gasteiger partial charge in [0, 0.05) is 23.7 Å². The Bertz CT molecular complexity index is 1210. The topological polar surface area (TPSA) is 102 Å². The highest BCUT2D eigenvalue weighted by atomic mass is 32.2. The molecule has 2 aromatic carbocycles. The van der Waals surface area contributed by atoms with E-state index in [0.717, 1.165) is 12.1 Å². The van der Waals surface area contributed by atoms with Crippen LogP contribution in [-0.4, -0.2) is 13.4 Å². The Morgan fingerprint density at radius 1 is 1.07 bits per heavy atom. The maximum absolute atomic E-state index is 13.8. The van der Waals surface area contributed by atoms with Gasteiger partial charge >= 0.3 is 0 Å². The second kappa shape index (κ2) is 8.14. The minimum Gasteiger partial charge on any atom is -0.488 e. The zero-order chi connectivity index (χ0) is 21.2. The van der Waals surface area contributed by atoms with Crippen molar-refractivity contribution in [1.82, 2.24) is 4.98 Å². The lowest BCUT2D eigenvalue weighted by molar-refractivity contribution is 0.295. The van der Waals surface area contributed by atoms with Crippen molar-refractivity contribution in [1.29, 1.82) is 0 Å². The van der Waals surface area contributed by atoms with Crippen LogP contribution in [0.2, 0.25) is 0 Å². The molecule has 152 valence electrons. The maximum Gasteiger partial charge on any atom is 0.255 e. The number of aromatic nitrogens is 1. The Morgan fingerprint density at radius 2 is 1.76 bits per heavy atom. The number of aromatic amines is 1. The Labute approximate surface area is 166 Å². The van der Waals surface area contributed by atoms with E-state index in [0.29, 0.717) is 16.8 Å². The molecule has 0 atom stereocenters. The lowest BCUT2D eigenvalue weighted by Gasteiger charge is -2.13. The average Bonchev–Trinajstić information content (AvgIpc) is 2.63. The molecule has 0 fully saturated rings. The van der Waals surface area contributed by atoms with Gasteiger partial charge in [-0.2, -0.15) is 0 Å². The number of primary sulfonamides is 1. The van der Waals surface area contributed by atoms with Gasteiger partial charge < -0.3 is 9.72 Å². The number of hydrogen-bond donors (Lipinski definition) is 2. The summed E-state index contributed by atoms with van der Waals surface area (Å²) in [6.07, 6.45) is 0.155. The molecule has 9 heteroatoms. The van der Waals surface area contributed by atoms with E-state index in [9.17, 15) is 22.0 Å². The summed E-state index contributed by atoms with van der Waals surface area (Å²) in [6, 6.07) is 10.6. The first-order valence-electron chi connectivity index (χ1n) is 8.55. The van der Waals surface area contributed by atoms with Crippen LogP contribution in [0.4, 0.5) is 8.78 Å². The number of H-pyrrole nitrogens is 1. The third kappa shape index (κ3) is 5.07. The van der Waals surface area contributed by atoms with Gasteiger partial charge in [0.1, 0.15) is 24.0 Å². The van der Waals surface area contributed by atoms with Crippen LogP contribution in [0.5, 0.6) is 5.75 Å². The molecule has 29 heavy (non-hydrogen) atoms. The first kappa shape index (κ1) is 20.7. The Kier molecular flexibility index (Phi) is 5.81. The number of nitrogens with one attached hydrogen (secondary N) is 1. The zero-order valence-electron chi connectivity index (χ0n) is 15.4. The number of pyridine rings is 1. The smallest absolute Gasteiger partial charge is 0.255 e. The summed E-state index contributed by atoms with van der Waals surface area (Å²) in [5.74, 6) is -1.18. The highest BCUT2D eigenvalue weighted by Gasteiger charge is 2.14. The summed E-state index contributed by atoms with van der Waals surface area (Å²) in [4.78, 5) is 15.1. The van der Waals surface area contributed by atoms with Crippen molar-refractivity contribution in [2.45, 2.75) is 24.8 Å². The Hall–Kier alpha value is -3.04. The molecule has 0 radical (unpaired) electrons. The molecule has 0 aliphatic rings. The van der Waals surface area contributed by atoms with Crippen molar-refractivity contribution in [3.63, 3.8) is 0 Å². The molecule has 3 aromatic rings. The minimum atomic E-state index is -3.82. The number of nitrogens with two attached hydrogens (primary N) is 1. The molecule has 0 aliphatic carbocycles. The molecule has 1 heterocycles. The zero-order valence-corrected chi connectivity index (χ0v) is 16.2. The van der Waals surface area contributed by atoms with Crippen LogP contribution < -0.4 is 15.4 Å². The predicted molar refractivity (Wildman–Crippen MR) is 103 cm³/mol. The summed E-state index contributed by atoms with van der Waals surface area (Å²) in [5, 5.41) is 5.08. The summed E-state index contributed by atoms with van der Waals surface area (Å²) < 4.78 is 55.3. The molecular weight excluding hydrogens is 402 g/mol. The van der Waals surface area contributed by atoms with Gasteiger partial charge in [-0.05, 0) is 42.8 Å². The van der Waals surface area contributed by atoms with E-state index in [4.69, 9.17) is 9.88 Å². The van der Waals surface area contributed by atoms with Gasteiger partial charge in [0.05, 0.1) is 10.5 Å². The number of ether oxygens (including phenoxy) is 1. The first-order valence-corrected chi connectivity index (χ1v) is 10.1. The fraction of sp³-hybridized carbons (Fsp3) is 0.150. The number of hydrogen-bond acceptors (Lipinski definition) is 4. The molecule has 0 unspecified atom stereocenters. The van der Waals surface area contributed by atoms with Gasteiger partial charge in [-0.25, -0.2) is 22.3 Å². The van der Waals surface area contributed by atoms with E-state index >= 15 is 0 Å². The fourth-order valence-electron chi connectivity index (χ4n) is 2.78. The molecule has 6 nitrogen and oxygen atoms in total. The number of benzene rings is 2. The fourth-order valence-corrected chi connectivity index (χ4v) is 3.29. The molecule has 0 saturated heterocycles. The maximum atomic E-state index is 13.8. The molecular formula is C20H18F2N2O4S. The van der Waals surface area contributed by atoms with E-state index < -0.39 is 21.7 Å². The van der Waals surface area contributed by atoms with Gasteiger partial charge in [-0.3, -0.25) is 4.79 Å². The summed E-state index contributed by atoms with van der Waals surface area (Å²) in [6.45, 7) is 1.49. The summed E-state index contributed by atoms with van der Waals surface area (Å²) >= 11 is 0. The van der Waals surface area contributed by atoms with Crippen molar-refractivity contribution in [2.24, 2.45) is 5.14 Å². The summed E-state index contributed by atoms with van der Waals surface area (Å²) in [5.41, 5.74) is 1.27. The number of aryl methyl sites for hydroxylation is 1. The largest absolute Gasteiger partial charge is 0.488 e. The third-order valence-electron chi connectivity index (χ3n) is 4.26. The van der Waals surface area contributed by atoms with Crippen LogP contribution in [0.15, 0.2) is 58.2 Å². The molecule has 0 saturated carbocycles. The monoisotopic (exact) mass is 420 g/mol. The minimum absolute atomic E-state index is 0.0395. The van der Waals surface area contributed by atoms with Crippen molar-refractivity contribution < 1.29 is 21.9 Å². The van der Waals surface area contributed by atoms with Gasteiger partial charge in [0.15, 0.2) is 0 Å². The molecule has 3 N–H and O–H groups in total.